The molecule has 0 unspecified atom stereocenters. The Morgan fingerprint density at radius 2 is 1.87 bits per heavy atom. The summed E-state index contributed by atoms with van der Waals surface area (Å²) in [5.74, 6) is -2.61. The van der Waals surface area contributed by atoms with E-state index in [-0.39, 0.29) is 36.0 Å². The van der Waals surface area contributed by atoms with Crippen molar-refractivity contribution in [2.75, 3.05) is 19.6 Å². The van der Waals surface area contributed by atoms with Crippen LogP contribution in [0.15, 0.2) is 47.2 Å². The standard InChI is InChI=1S/C27H27F3N6O3/c28-16-2-3-17(19(29)12-16)22-13-21(35-39-22)24(38)33-20-4-11-36(15-26(30)5-6-26)14-18(20)23(37)34-27(7-8-27)25-31-9-1-10-32-25/h1-3,9-10,12-13,18,20H,4-8,11,14-15H2,(H,33,38)(H,34,37)/t18-,20-/m0/s1. The van der Waals surface area contributed by atoms with Crippen molar-refractivity contribution in [3.8, 4) is 11.3 Å². The van der Waals surface area contributed by atoms with E-state index in [1.165, 1.54) is 12.1 Å². The first-order valence-electron chi connectivity index (χ1n) is 13.0. The summed E-state index contributed by atoms with van der Waals surface area (Å²) in [6, 6.07) is 5.40. The number of rotatable bonds is 8. The lowest BCUT2D eigenvalue weighted by molar-refractivity contribution is -0.129. The quantitative estimate of drug-likeness (QED) is 0.451. The van der Waals surface area contributed by atoms with Gasteiger partial charge in [0.15, 0.2) is 17.3 Å². The largest absolute Gasteiger partial charge is 0.355 e. The van der Waals surface area contributed by atoms with E-state index in [2.05, 4.69) is 25.8 Å². The molecule has 1 saturated heterocycles. The summed E-state index contributed by atoms with van der Waals surface area (Å²) in [7, 11) is 0. The van der Waals surface area contributed by atoms with Crippen LogP contribution in [0, 0.1) is 17.6 Å². The van der Waals surface area contributed by atoms with Crippen molar-refractivity contribution in [3.05, 3.63) is 65.9 Å². The number of nitrogens with one attached hydrogen (secondary N) is 2. The van der Waals surface area contributed by atoms with Crippen molar-refractivity contribution >= 4 is 11.8 Å². The minimum absolute atomic E-state index is 0.0297. The predicted octanol–water partition coefficient (Wildman–Crippen LogP) is 3.14. The monoisotopic (exact) mass is 540 g/mol. The number of likely N-dealkylation sites (tertiary alicyclic amines) is 1. The highest BCUT2D eigenvalue weighted by Crippen LogP contribution is 2.44. The zero-order chi connectivity index (χ0) is 27.2. The van der Waals surface area contributed by atoms with Gasteiger partial charge in [-0.1, -0.05) is 5.16 Å². The zero-order valence-corrected chi connectivity index (χ0v) is 21.0. The molecular formula is C27H27F3N6O3. The van der Waals surface area contributed by atoms with E-state index in [1.807, 2.05) is 4.90 Å². The Morgan fingerprint density at radius 3 is 2.56 bits per heavy atom. The lowest BCUT2D eigenvalue weighted by Crippen LogP contribution is -2.57. The topological polar surface area (TPSA) is 113 Å². The fourth-order valence-corrected chi connectivity index (χ4v) is 5.14. The number of piperidine rings is 1. The molecule has 0 bridgehead atoms. The number of halogens is 3. The van der Waals surface area contributed by atoms with E-state index in [0.29, 0.717) is 50.5 Å². The molecule has 12 heteroatoms. The third-order valence-electron chi connectivity index (χ3n) is 7.70. The van der Waals surface area contributed by atoms with Crippen LogP contribution in [0.2, 0.25) is 0 Å². The molecule has 2 atom stereocenters. The summed E-state index contributed by atoms with van der Waals surface area (Å²) in [4.78, 5) is 37.2. The van der Waals surface area contributed by atoms with Gasteiger partial charge in [0.05, 0.1) is 17.0 Å². The first-order chi connectivity index (χ1) is 18.7. The zero-order valence-electron chi connectivity index (χ0n) is 21.0. The molecule has 2 aliphatic carbocycles. The first kappa shape index (κ1) is 25.5. The van der Waals surface area contributed by atoms with Crippen molar-refractivity contribution in [3.63, 3.8) is 0 Å². The van der Waals surface area contributed by atoms with Crippen molar-refractivity contribution in [1.29, 1.82) is 0 Å². The van der Waals surface area contributed by atoms with Crippen molar-refractivity contribution < 1.29 is 27.3 Å². The Balaban J connectivity index is 1.18. The van der Waals surface area contributed by atoms with Crippen molar-refractivity contribution in [2.45, 2.75) is 49.4 Å². The molecule has 39 heavy (non-hydrogen) atoms. The summed E-state index contributed by atoms with van der Waals surface area (Å²) < 4.78 is 47.1. The maximum absolute atomic E-state index is 14.5. The summed E-state index contributed by atoms with van der Waals surface area (Å²) in [6.07, 6.45) is 6.10. The van der Waals surface area contributed by atoms with Gasteiger partial charge < -0.3 is 15.2 Å². The number of alkyl halides is 1. The predicted molar refractivity (Wildman–Crippen MR) is 132 cm³/mol. The SMILES string of the molecule is O=C(N[C@H]1CCN(CC2(F)CC2)C[C@@H]1C(=O)NC1(c2ncccn2)CC1)c1cc(-c2ccc(F)cc2F)on1. The highest BCUT2D eigenvalue weighted by molar-refractivity contribution is 5.94. The van der Waals surface area contributed by atoms with Crippen LogP contribution in [-0.4, -0.2) is 63.2 Å². The highest BCUT2D eigenvalue weighted by atomic mass is 19.1. The van der Waals surface area contributed by atoms with Gasteiger partial charge >= 0.3 is 0 Å². The molecule has 2 amide bonds. The van der Waals surface area contributed by atoms with Gasteiger partial charge in [0.1, 0.15) is 17.3 Å². The maximum Gasteiger partial charge on any atom is 0.273 e. The lowest BCUT2D eigenvalue weighted by Gasteiger charge is -2.39. The molecule has 9 nitrogen and oxygen atoms in total. The number of aromatic nitrogens is 3. The smallest absolute Gasteiger partial charge is 0.273 e. The lowest BCUT2D eigenvalue weighted by atomic mass is 9.90. The fraction of sp³-hybridized carbons (Fsp3) is 0.444. The molecule has 2 saturated carbocycles. The van der Waals surface area contributed by atoms with E-state index in [1.54, 1.807) is 18.5 Å². The van der Waals surface area contributed by atoms with Crippen LogP contribution >= 0.6 is 0 Å². The van der Waals surface area contributed by atoms with E-state index >= 15 is 0 Å². The third-order valence-corrected chi connectivity index (χ3v) is 7.70. The van der Waals surface area contributed by atoms with Crippen LogP contribution in [0.5, 0.6) is 0 Å². The van der Waals surface area contributed by atoms with Gasteiger partial charge in [-0.3, -0.25) is 14.5 Å². The average molecular weight is 541 g/mol. The van der Waals surface area contributed by atoms with Crippen LogP contribution < -0.4 is 10.6 Å². The van der Waals surface area contributed by atoms with E-state index < -0.39 is 40.7 Å². The number of hydrogen-bond donors (Lipinski definition) is 2. The molecular weight excluding hydrogens is 513 g/mol. The van der Waals surface area contributed by atoms with Gasteiger partial charge in [0, 0.05) is 50.2 Å². The Labute approximate surface area is 222 Å². The summed E-state index contributed by atoms with van der Waals surface area (Å²) >= 11 is 0. The highest BCUT2D eigenvalue weighted by Gasteiger charge is 2.51. The van der Waals surface area contributed by atoms with Crippen molar-refractivity contribution in [1.82, 2.24) is 30.7 Å². The Morgan fingerprint density at radius 1 is 1.10 bits per heavy atom. The molecule has 3 heterocycles. The second kappa shape index (κ2) is 9.74. The van der Waals surface area contributed by atoms with Crippen LogP contribution in [0.4, 0.5) is 13.2 Å². The maximum atomic E-state index is 14.5. The number of carbonyl (C=O) groups is 2. The Bertz CT molecular complexity index is 1390. The normalized spacial score (nSPS) is 23.2. The summed E-state index contributed by atoms with van der Waals surface area (Å²) in [5, 5.41) is 9.71. The molecule has 2 aromatic heterocycles. The Hall–Kier alpha value is -3.80. The van der Waals surface area contributed by atoms with Gasteiger partial charge in [-0.2, -0.15) is 0 Å². The third kappa shape index (κ3) is 5.38. The van der Waals surface area contributed by atoms with Gasteiger partial charge in [-0.25, -0.2) is 23.1 Å². The Kier molecular flexibility index (Phi) is 6.37. The van der Waals surface area contributed by atoms with E-state index in [4.69, 9.17) is 4.52 Å². The fourth-order valence-electron chi connectivity index (χ4n) is 5.14. The number of carbonyl (C=O) groups excluding carboxylic acids is 2. The molecule has 0 spiro atoms. The van der Waals surface area contributed by atoms with Gasteiger partial charge in [-0.05, 0) is 50.3 Å². The van der Waals surface area contributed by atoms with E-state index in [9.17, 15) is 22.8 Å². The molecule has 6 rings (SSSR count). The van der Waals surface area contributed by atoms with Crippen LogP contribution in [0.25, 0.3) is 11.3 Å². The van der Waals surface area contributed by atoms with Gasteiger partial charge in [-0.15, -0.1) is 0 Å². The van der Waals surface area contributed by atoms with Gasteiger partial charge in [0.2, 0.25) is 5.91 Å². The number of hydrogen-bond acceptors (Lipinski definition) is 7. The minimum Gasteiger partial charge on any atom is -0.355 e. The summed E-state index contributed by atoms with van der Waals surface area (Å²) in [5.41, 5.74) is -1.99. The molecule has 1 aliphatic heterocycles. The first-order valence-corrected chi connectivity index (χ1v) is 13.0. The van der Waals surface area contributed by atoms with Crippen LogP contribution in [0.1, 0.15) is 48.4 Å². The average Bonchev–Trinajstić information content (AvgIpc) is 3.81. The van der Waals surface area contributed by atoms with Gasteiger partial charge in [0.25, 0.3) is 5.91 Å². The van der Waals surface area contributed by atoms with Crippen LogP contribution in [0.3, 0.4) is 0 Å². The summed E-state index contributed by atoms with van der Waals surface area (Å²) in [6.45, 7) is 1.04. The molecule has 3 aliphatic rings. The number of benzene rings is 1. The van der Waals surface area contributed by atoms with Crippen LogP contribution in [-0.2, 0) is 10.3 Å². The second-order valence-corrected chi connectivity index (χ2v) is 10.7. The number of amides is 2. The molecule has 2 N–H and O–H groups in total. The molecule has 3 fully saturated rings. The molecule has 0 radical (unpaired) electrons. The minimum atomic E-state index is -1.21. The van der Waals surface area contributed by atoms with Crippen molar-refractivity contribution in [2.24, 2.45) is 5.92 Å². The molecule has 204 valence electrons. The second-order valence-electron chi connectivity index (χ2n) is 10.7. The number of nitrogens with zero attached hydrogens (tertiary/aromatic N) is 4. The molecule has 3 aromatic rings. The van der Waals surface area contributed by atoms with E-state index in [0.717, 1.165) is 6.07 Å². The molecule has 1 aromatic carbocycles.